The molecule has 0 aliphatic carbocycles. The number of hydrogen-bond acceptors (Lipinski definition) is 2. The predicted octanol–water partition coefficient (Wildman–Crippen LogP) is 6.69. The molecule has 0 radical (unpaired) electrons. The van der Waals surface area contributed by atoms with E-state index in [9.17, 15) is 0 Å². The summed E-state index contributed by atoms with van der Waals surface area (Å²) >= 11 is 5.51. The topological polar surface area (TPSA) is 22.4 Å². The maximum Gasteiger partial charge on any atom is 0.191 e. The third-order valence-corrected chi connectivity index (χ3v) is 8.86. The highest BCUT2D eigenvalue weighted by Gasteiger charge is 2.36. The molecule has 0 atom stereocenters. The molecule has 1 heterocycles. The summed E-state index contributed by atoms with van der Waals surface area (Å²) in [6, 6.07) is 3.86. The zero-order valence-corrected chi connectivity index (χ0v) is 16.2. The van der Waals surface area contributed by atoms with Gasteiger partial charge in [-0.05, 0) is 61.7 Å². The molecule has 0 unspecified atom stereocenters. The maximum atomic E-state index is 6.17. The SMILES string of the molecule is CC(C)(C)[Si](C)(C)OCCCC/C=C\c1ccc(C=CCl)o1. The fraction of sp³-hybridized carbons (Fsp3) is 0.556. The second-order valence-electron chi connectivity index (χ2n) is 7.04. The van der Waals surface area contributed by atoms with Gasteiger partial charge in [0.25, 0.3) is 0 Å². The minimum Gasteiger partial charge on any atom is -0.457 e. The van der Waals surface area contributed by atoms with Crippen molar-refractivity contribution in [1.82, 2.24) is 0 Å². The van der Waals surface area contributed by atoms with Crippen LogP contribution in [0.4, 0.5) is 0 Å². The van der Waals surface area contributed by atoms with Gasteiger partial charge in [-0.25, -0.2) is 0 Å². The lowest BCUT2D eigenvalue weighted by atomic mass is 10.2. The molecule has 124 valence electrons. The molecule has 0 bridgehead atoms. The van der Waals surface area contributed by atoms with E-state index in [1.165, 1.54) is 5.54 Å². The average molecular weight is 341 g/mol. The average Bonchev–Trinajstić information content (AvgIpc) is 2.84. The summed E-state index contributed by atoms with van der Waals surface area (Å²) in [4.78, 5) is 0. The molecule has 22 heavy (non-hydrogen) atoms. The van der Waals surface area contributed by atoms with Gasteiger partial charge in [-0.2, -0.15) is 0 Å². The Balaban J connectivity index is 2.21. The highest BCUT2D eigenvalue weighted by molar-refractivity contribution is 6.74. The summed E-state index contributed by atoms with van der Waals surface area (Å²) in [6.07, 6.45) is 9.19. The Labute approximate surface area is 141 Å². The smallest absolute Gasteiger partial charge is 0.191 e. The Hall–Kier alpha value is -0.773. The van der Waals surface area contributed by atoms with Gasteiger partial charge in [-0.15, -0.1) is 0 Å². The minimum atomic E-state index is -1.58. The Bertz CT molecular complexity index is 495. The van der Waals surface area contributed by atoms with Crippen LogP contribution in [0, 0.1) is 0 Å². The van der Waals surface area contributed by atoms with Crippen LogP contribution in [0.1, 0.15) is 51.6 Å². The van der Waals surface area contributed by atoms with Gasteiger partial charge in [0, 0.05) is 12.1 Å². The summed E-state index contributed by atoms with van der Waals surface area (Å²) in [5.74, 6) is 1.64. The summed E-state index contributed by atoms with van der Waals surface area (Å²) < 4.78 is 11.7. The van der Waals surface area contributed by atoms with Gasteiger partial charge in [0.15, 0.2) is 8.32 Å². The Morgan fingerprint density at radius 2 is 1.77 bits per heavy atom. The summed E-state index contributed by atoms with van der Waals surface area (Å²) in [5, 5.41) is 0.293. The van der Waals surface area contributed by atoms with E-state index in [0.29, 0.717) is 5.04 Å². The van der Waals surface area contributed by atoms with E-state index < -0.39 is 8.32 Å². The molecule has 0 amide bonds. The van der Waals surface area contributed by atoms with E-state index in [1.807, 2.05) is 18.2 Å². The number of unbranched alkanes of at least 4 members (excludes halogenated alkanes) is 2. The molecule has 0 aliphatic heterocycles. The highest BCUT2D eigenvalue weighted by Crippen LogP contribution is 2.36. The van der Waals surface area contributed by atoms with E-state index in [2.05, 4.69) is 39.9 Å². The molecule has 0 aliphatic rings. The van der Waals surface area contributed by atoms with Gasteiger partial charge in [0.1, 0.15) is 11.5 Å². The van der Waals surface area contributed by atoms with Crippen LogP contribution in [-0.4, -0.2) is 14.9 Å². The zero-order valence-electron chi connectivity index (χ0n) is 14.5. The quantitative estimate of drug-likeness (QED) is 0.388. The van der Waals surface area contributed by atoms with Crippen LogP contribution in [0.2, 0.25) is 18.1 Å². The molecule has 2 nitrogen and oxygen atoms in total. The lowest BCUT2D eigenvalue weighted by Crippen LogP contribution is -2.40. The van der Waals surface area contributed by atoms with Gasteiger partial charge in [-0.1, -0.05) is 38.4 Å². The molecule has 1 rings (SSSR count). The molecule has 1 aromatic heterocycles. The standard InChI is InChI=1S/C18H29ClO2Si/c1-18(2,3)22(4,5)20-15-9-7-6-8-10-16-11-12-17(21-16)13-14-19/h8,10-14H,6-7,9,15H2,1-5H3/b10-8-,14-13?. The van der Waals surface area contributed by atoms with Gasteiger partial charge in [-0.3, -0.25) is 0 Å². The van der Waals surface area contributed by atoms with Crippen molar-refractivity contribution in [2.75, 3.05) is 6.61 Å². The van der Waals surface area contributed by atoms with Crippen molar-refractivity contribution in [1.29, 1.82) is 0 Å². The lowest BCUT2D eigenvalue weighted by Gasteiger charge is -2.36. The molecule has 0 saturated carbocycles. The van der Waals surface area contributed by atoms with Crippen molar-refractivity contribution in [3.63, 3.8) is 0 Å². The molecular formula is C18H29ClO2Si. The first-order chi connectivity index (χ1) is 10.3. The van der Waals surface area contributed by atoms with E-state index in [1.54, 1.807) is 6.08 Å². The summed E-state index contributed by atoms with van der Waals surface area (Å²) in [5.41, 5.74) is 1.45. The minimum absolute atomic E-state index is 0.293. The van der Waals surface area contributed by atoms with E-state index >= 15 is 0 Å². The highest BCUT2D eigenvalue weighted by atomic mass is 35.5. The van der Waals surface area contributed by atoms with Crippen molar-refractivity contribution in [3.05, 3.63) is 35.3 Å². The Kier molecular flexibility index (Phi) is 7.67. The first-order valence-corrected chi connectivity index (χ1v) is 11.3. The van der Waals surface area contributed by atoms with Crippen molar-refractivity contribution in [2.24, 2.45) is 0 Å². The van der Waals surface area contributed by atoms with Crippen LogP contribution in [0.5, 0.6) is 0 Å². The van der Waals surface area contributed by atoms with Gasteiger partial charge in [0.05, 0.1) is 0 Å². The summed E-state index contributed by atoms with van der Waals surface area (Å²) in [6.45, 7) is 12.3. The Morgan fingerprint density at radius 3 is 2.36 bits per heavy atom. The van der Waals surface area contributed by atoms with E-state index in [4.69, 9.17) is 20.4 Å². The molecule has 4 heteroatoms. The van der Waals surface area contributed by atoms with Gasteiger partial charge in [0.2, 0.25) is 0 Å². The first kappa shape index (κ1) is 19.3. The number of allylic oxidation sites excluding steroid dienone is 1. The van der Waals surface area contributed by atoms with Crippen LogP contribution in [-0.2, 0) is 4.43 Å². The second kappa shape index (κ2) is 8.75. The number of hydrogen-bond donors (Lipinski definition) is 0. The zero-order chi connectivity index (χ0) is 16.6. The monoisotopic (exact) mass is 340 g/mol. The summed E-state index contributed by atoms with van der Waals surface area (Å²) in [7, 11) is -1.58. The van der Waals surface area contributed by atoms with Crippen LogP contribution >= 0.6 is 11.6 Å². The van der Waals surface area contributed by atoms with Crippen molar-refractivity contribution in [2.45, 2.75) is 58.2 Å². The molecule has 0 fully saturated rings. The van der Waals surface area contributed by atoms with Gasteiger partial charge >= 0.3 is 0 Å². The lowest BCUT2D eigenvalue weighted by molar-refractivity contribution is 0.279. The van der Waals surface area contributed by atoms with Gasteiger partial charge < -0.3 is 8.84 Å². The first-order valence-electron chi connectivity index (χ1n) is 7.93. The third kappa shape index (κ3) is 6.55. The second-order valence-corrected chi connectivity index (χ2v) is 12.1. The molecule has 1 aromatic rings. The molecule has 0 saturated heterocycles. The molecule has 0 N–H and O–H groups in total. The van der Waals surface area contributed by atoms with E-state index in [-0.39, 0.29) is 0 Å². The molecule has 0 aromatic carbocycles. The number of halogens is 1. The van der Waals surface area contributed by atoms with Crippen molar-refractivity contribution in [3.8, 4) is 0 Å². The third-order valence-electron chi connectivity index (χ3n) is 4.19. The maximum absolute atomic E-state index is 6.17. The fourth-order valence-corrected chi connectivity index (χ4v) is 2.93. The van der Waals surface area contributed by atoms with Crippen molar-refractivity contribution >= 4 is 32.1 Å². The van der Waals surface area contributed by atoms with Crippen molar-refractivity contribution < 1.29 is 8.84 Å². The van der Waals surface area contributed by atoms with Crippen LogP contribution in [0.25, 0.3) is 12.2 Å². The fourth-order valence-electron chi connectivity index (χ4n) is 1.72. The largest absolute Gasteiger partial charge is 0.457 e. The van der Waals surface area contributed by atoms with Crippen LogP contribution in [0.15, 0.2) is 28.2 Å². The Morgan fingerprint density at radius 1 is 1.14 bits per heavy atom. The van der Waals surface area contributed by atoms with Crippen LogP contribution < -0.4 is 0 Å². The normalized spacial score (nSPS) is 13.5. The van der Waals surface area contributed by atoms with E-state index in [0.717, 1.165) is 37.4 Å². The number of rotatable bonds is 8. The molecule has 0 spiro atoms. The number of furan rings is 1. The predicted molar refractivity (Wildman–Crippen MR) is 99.6 cm³/mol. The van der Waals surface area contributed by atoms with Crippen LogP contribution in [0.3, 0.4) is 0 Å². The molecular weight excluding hydrogens is 312 g/mol.